The number of imidazole rings is 1. The summed E-state index contributed by atoms with van der Waals surface area (Å²) in [6.07, 6.45) is 8.95. The molecule has 0 amide bonds. The monoisotopic (exact) mass is 256 g/mol. The van der Waals surface area contributed by atoms with Crippen molar-refractivity contribution < 1.29 is 0 Å². The van der Waals surface area contributed by atoms with Crippen molar-refractivity contribution in [3.05, 3.63) is 12.0 Å². The van der Waals surface area contributed by atoms with Crippen molar-refractivity contribution in [2.75, 3.05) is 5.73 Å². The third-order valence-corrected chi connectivity index (χ3v) is 5.81. The number of aromatic nitrogens is 2. The maximum atomic E-state index is 8.93. The van der Waals surface area contributed by atoms with Crippen LogP contribution in [0.15, 0.2) is 6.33 Å². The third kappa shape index (κ3) is 1.68. The van der Waals surface area contributed by atoms with Crippen LogP contribution in [-0.2, 0) is 6.54 Å². The predicted octanol–water partition coefficient (Wildman–Crippen LogP) is 2.41. The number of anilines is 1. The number of nitrogens with zero attached hydrogens (tertiary/aromatic N) is 3. The molecule has 4 aliphatic rings. The van der Waals surface area contributed by atoms with E-state index in [0.717, 1.165) is 36.1 Å². The van der Waals surface area contributed by atoms with E-state index in [1.54, 1.807) is 6.33 Å². The SMILES string of the molecule is N#Cc1ncn(CC2C3CC4CC(C3)CC2C4)c1N. The summed E-state index contributed by atoms with van der Waals surface area (Å²) in [5.74, 6) is 5.11. The molecule has 1 heterocycles. The van der Waals surface area contributed by atoms with E-state index >= 15 is 0 Å². The van der Waals surface area contributed by atoms with Crippen LogP contribution in [0.1, 0.15) is 37.8 Å². The Morgan fingerprint density at radius 3 is 2.37 bits per heavy atom. The summed E-state index contributed by atoms with van der Waals surface area (Å²) in [7, 11) is 0. The maximum Gasteiger partial charge on any atom is 0.182 e. The Hall–Kier alpha value is -1.50. The molecule has 1 aromatic heterocycles. The molecule has 0 radical (unpaired) electrons. The van der Waals surface area contributed by atoms with E-state index in [1.807, 2.05) is 4.57 Å². The first-order valence-electron chi connectivity index (χ1n) is 7.45. The van der Waals surface area contributed by atoms with E-state index in [1.165, 1.54) is 32.1 Å². The summed E-state index contributed by atoms with van der Waals surface area (Å²) < 4.78 is 2.01. The van der Waals surface area contributed by atoms with Crippen molar-refractivity contribution >= 4 is 5.82 Å². The highest BCUT2D eigenvalue weighted by molar-refractivity contribution is 5.44. The summed E-state index contributed by atoms with van der Waals surface area (Å²) in [4.78, 5) is 4.09. The second-order valence-electron chi connectivity index (χ2n) is 6.84. The summed E-state index contributed by atoms with van der Waals surface area (Å²) in [6.45, 7) is 0.968. The number of hydrogen-bond acceptors (Lipinski definition) is 3. The van der Waals surface area contributed by atoms with E-state index in [9.17, 15) is 0 Å². The fourth-order valence-electron chi connectivity index (χ4n) is 5.19. The Bertz CT molecular complexity index is 511. The molecule has 0 aliphatic heterocycles. The van der Waals surface area contributed by atoms with Crippen molar-refractivity contribution in [3.8, 4) is 6.07 Å². The van der Waals surface area contributed by atoms with Crippen LogP contribution in [0, 0.1) is 40.9 Å². The van der Waals surface area contributed by atoms with Crippen LogP contribution in [0.3, 0.4) is 0 Å². The molecule has 1 aromatic rings. The molecule has 5 rings (SSSR count). The lowest BCUT2D eigenvalue weighted by atomic mass is 9.52. The number of nitriles is 1. The molecule has 0 atom stereocenters. The van der Waals surface area contributed by atoms with Gasteiger partial charge in [0, 0.05) is 6.54 Å². The Balaban J connectivity index is 1.57. The molecule has 0 saturated heterocycles. The molecule has 4 fully saturated rings. The standard InChI is InChI=1S/C15H20N4/c16-6-14-15(17)19(8-18-14)7-13-11-2-9-1-10(4-11)5-12(13)3-9/h8-13H,1-5,7,17H2. The molecule has 0 spiro atoms. The molecule has 2 N–H and O–H groups in total. The summed E-state index contributed by atoms with van der Waals surface area (Å²) >= 11 is 0. The minimum Gasteiger partial charge on any atom is -0.383 e. The van der Waals surface area contributed by atoms with Gasteiger partial charge in [0.1, 0.15) is 11.9 Å². The van der Waals surface area contributed by atoms with Gasteiger partial charge in [0.25, 0.3) is 0 Å². The van der Waals surface area contributed by atoms with E-state index in [2.05, 4.69) is 11.1 Å². The van der Waals surface area contributed by atoms with Gasteiger partial charge in [-0.3, -0.25) is 0 Å². The average molecular weight is 256 g/mol. The van der Waals surface area contributed by atoms with Crippen LogP contribution in [0.2, 0.25) is 0 Å². The van der Waals surface area contributed by atoms with Crippen LogP contribution >= 0.6 is 0 Å². The quantitative estimate of drug-likeness (QED) is 0.883. The first-order valence-corrected chi connectivity index (χ1v) is 7.45. The van der Waals surface area contributed by atoms with Crippen molar-refractivity contribution in [2.45, 2.75) is 38.6 Å². The number of hydrogen-bond donors (Lipinski definition) is 1. The van der Waals surface area contributed by atoms with Gasteiger partial charge in [0.15, 0.2) is 5.69 Å². The normalized spacial score (nSPS) is 39.4. The van der Waals surface area contributed by atoms with Gasteiger partial charge in [-0.25, -0.2) is 4.98 Å². The molecule has 19 heavy (non-hydrogen) atoms. The third-order valence-electron chi connectivity index (χ3n) is 5.81. The Kier molecular flexibility index (Phi) is 2.38. The summed E-state index contributed by atoms with van der Waals surface area (Å²) in [5.41, 5.74) is 6.37. The number of rotatable bonds is 2. The van der Waals surface area contributed by atoms with Gasteiger partial charge < -0.3 is 10.3 Å². The zero-order valence-electron chi connectivity index (χ0n) is 11.1. The highest BCUT2D eigenvalue weighted by Gasteiger charge is 2.48. The van der Waals surface area contributed by atoms with Gasteiger partial charge in [-0.05, 0) is 61.7 Å². The van der Waals surface area contributed by atoms with Crippen molar-refractivity contribution in [3.63, 3.8) is 0 Å². The summed E-state index contributed by atoms with van der Waals surface area (Å²) in [5, 5.41) is 8.93. The lowest BCUT2D eigenvalue weighted by molar-refractivity contribution is -0.0428. The van der Waals surface area contributed by atoms with E-state index in [0.29, 0.717) is 11.5 Å². The van der Waals surface area contributed by atoms with Crippen LogP contribution < -0.4 is 5.73 Å². The topological polar surface area (TPSA) is 67.6 Å². The van der Waals surface area contributed by atoms with Gasteiger partial charge in [0.2, 0.25) is 0 Å². The fourth-order valence-corrected chi connectivity index (χ4v) is 5.19. The van der Waals surface area contributed by atoms with Crippen LogP contribution in [0.4, 0.5) is 5.82 Å². The smallest absolute Gasteiger partial charge is 0.182 e. The van der Waals surface area contributed by atoms with Crippen LogP contribution in [-0.4, -0.2) is 9.55 Å². The first-order chi connectivity index (χ1) is 9.24. The minimum absolute atomic E-state index is 0.379. The highest BCUT2D eigenvalue weighted by Crippen LogP contribution is 2.56. The molecule has 4 heteroatoms. The van der Waals surface area contributed by atoms with Crippen molar-refractivity contribution in [1.29, 1.82) is 5.26 Å². The second-order valence-corrected chi connectivity index (χ2v) is 6.84. The molecular weight excluding hydrogens is 236 g/mol. The second kappa shape index (κ2) is 4.00. The zero-order valence-corrected chi connectivity index (χ0v) is 11.1. The van der Waals surface area contributed by atoms with Crippen LogP contribution in [0.5, 0.6) is 0 Å². The number of nitrogen functional groups attached to an aromatic ring is 1. The minimum atomic E-state index is 0.379. The molecule has 4 bridgehead atoms. The van der Waals surface area contributed by atoms with Crippen LogP contribution in [0.25, 0.3) is 0 Å². The fraction of sp³-hybridized carbons (Fsp3) is 0.733. The largest absolute Gasteiger partial charge is 0.383 e. The average Bonchev–Trinajstić information content (AvgIpc) is 2.74. The van der Waals surface area contributed by atoms with E-state index in [-0.39, 0.29) is 0 Å². The lowest BCUT2D eigenvalue weighted by Crippen LogP contribution is -2.46. The maximum absolute atomic E-state index is 8.93. The Labute approximate surface area is 113 Å². The van der Waals surface area contributed by atoms with E-state index in [4.69, 9.17) is 11.0 Å². The molecule has 100 valence electrons. The molecule has 4 aliphatic carbocycles. The molecule has 0 aromatic carbocycles. The molecule has 0 unspecified atom stereocenters. The molecular formula is C15H20N4. The zero-order chi connectivity index (χ0) is 13.0. The lowest BCUT2D eigenvalue weighted by Gasteiger charge is -2.54. The van der Waals surface area contributed by atoms with E-state index < -0.39 is 0 Å². The van der Waals surface area contributed by atoms with Gasteiger partial charge in [0.05, 0.1) is 6.33 Å². The Morgan fingerprint density at radius 2 is 1.84 bits per heavy atom. The summed E-state index contributed by atoms with van der Waals surface area (Å²) in [6, 6.07) is 2.06. The number of nitrogens with two attached hydrogens (primary N) is 1. The van der Waals surface area contributed by atoms with Gasteiger partial charge in [-0.2, -0.15) is 5.26 Å². The molecule has 4 saturated carbocycles. The predicted molar refractivity (Wildman–Crippen MR) is 71.9 cm³/mol. The van der Waals surface area contributed by atoms with Crippen molar-refractivity contribution in [1.82, 2.24) is 9.55 Å². The van der Waals surface area contributed by atoms with Gasteiger partial charge in [-0.15, -0.1) is 0 Å². The molecule has 4 nitrogen and oxygen atoms in total. The van der Waals surface area contributed by atoms with Crippen molar-refractivity contribution in [2.24, 2.45) is 29.6 Å². The Morgan fingerprint density at radius 1 is 1.21 bits per heavy atom. The van der Waals surface area contributed by atoms with Gasteiger partial charge >= 0.3 is 0 Å². The highest BCUT2D eigenvalue weighted by atomic mass is 15.1. The van der Waals surface area contributed by atoms with Gasteiger partial charge in [-0.1, -0.05) is 0 Å². The first kappa shape index (κ1) is 11.3.